The summed E-state index contributed by atoms with van der Waals surface area (Å²) in [6.07, 6.45) is -4.79. The average Bonchev–Trinajstić information content (AvgIpc) is 3.41. The molecule has 2 saturated heterocycles. The Morgan fingerprint density at radius 3 is 1.58 bits per heavy atom. The minimum atomic E-state index is -1.27. The van der Waals surface area contributed by atoms with Gasteiger partial charge < -0.3 is 38.1 Å². The van der Waals surface area contributed by atoms with Crippen molar-refractivity contribution < 1.29 is 51.5 Å². The zero-order chi connectivity index (χ0) is 48.9. The quantitative estimate of drug-likeness (QED) is 0.0515. The third kappa shape index (κ3) is 12.3. The van der Waals surface area contributed by atoms with Crippen LogP contribution in [0.15, 0.2) is 194 Å². The minimum Gasteiger partial charge on any atom is -0.467 e. The highest BCUT2D eigenvalue weighted by molar-refractivity contribution is 6.03. The number of carbonyl (C=O) groups excluding carboxylic acids is 2. The lowest BCUT2D eigenvalue weighted by Crippen LogP contribution is -2.63. The van der Waals surface area contributed by atoms with Gasteiger partial charge >= 0.3 is 5.97 Å². The second-order valence-corrected chi connectivity index (χ2v) is 17.6. The van der Waals surface area contributed by atoms with Crippen LogP contribution in [0.1, 0.15) is 58.4 Å². The van der Waals surface area contributed by atoms with E-state index in [1.54, 1.807) is 41.3 Å². The van der Waals surface area contributed by atoms with Crippen molar-refractivity contribution in [1.29, 1.82) is 0 Å². The highest BCUT2D eigenvalue weighted by Crippen LogP contribution is 2.47. The summed E-state index contributed by atoms with van der Waals surface area (Å²) in [6.45, 7) is 0.827. The molecule has 0 bridgehead atoms. The van der Waals surface area contributed by atoms with Gasteiger partial charge in [0.25, 0.3) is 0 Å². The number of amides is 1. The van der Waals surface area contributed by atoms with Crippen molar-refractivity contribution >= 4 is 17.6 Å². The third-order valence-electron chi connectivity index (χ3n) is 12.9. The number of benzene rings is 7. The molecule has 364 valence electrons. The fraction of sp³-hybridized carbons (Fsp3) is 0.254. The van der Waals surface area contributed by atoms with Crippen LogP contribution in [0.4, 0.5) is 14.5 Å². The zero-order valence-corrected chi connectivity index (χ0v) is 39.2. The summed E-state index contributed by atoms with van der Waals surface area (Å²) in [6, 6.07) is 57.8. The first-order valence-electron chi connectivity index (χ1n) is 23.8. The SMILES string of the molecule is COC(=O)[C@H]1O[C@@H](Oc2ccc([C@@H]3[C@@H](CC[C@H](OCc4ccccc4)c4ccc(F)cc4)C(=O)N3c3ccc(F)cc3)cc2)[C@H](OCc2ccccc2)[C@@H](OCc2ccccc2)[C@@H]1OCc1ccccc1. The summed E-state index contributed by atoms with van der Waals surface area (Å²) in [7, 11) is 1.29. The molecular formula is C59H55F2NO9. The van der Waals surface area contributed by atoms with Gasteiger partial charge in [0.1, 0.15) is 35.7 Å². The molecule has 0 N–H and O–H groups in total. The summed E-state index contributed by atoms with van der Waals surface area (Å²) in [5.74, 6) is -1.63. The number of halogens is 2. The number of rotatable bonds is 21. The molecule has 1 amide bonds. The van der Waals surface area contributed by atoms with Crippen molar-refractivity contribution in [3.8, 4) is 5.75 Å². The van der Waals surface area contributed by atoms with Gasteiger partial charge in [-0.1, -0.05) is 146 Å². The van der Waals surface area contributed by atoms with E-state index in [0.29, 0.717) is 30.9 Å². The van der Waals surface area contributed by atoms with Crippen LogP contribution < -0.4 is 9.64 Å². The van der Waals surface area contributed by atoms with Crippen LogP contribution in [-0.4, -0.2) is 49.7 Å². The Balaban J connectivity index is 0.999. The number of hydrogen-bond acceptors (Lipinski definition) is 9. The molecule has 7 aromatic carbocycles. The Morgan fingerprint density at radius 2 is 1.06 bits per heavy atom. The molecule has 0 unspecified atom stereocenters. The van der Waals surface area contributed by atoms with Crippen LogP contribution in [-0.2, 0) is 64.4 Å². The molecule has 0 saturated carbocycles. The van der Waals surface area contributed by atoms with E-state index in [0.717, 1.165) is 33.4 Å². The van der Waals surface area contributed by atoms with Gasteiger partial charge in [0.15, 0.2) is 6.10 Å². The first-order valence-corrected chi connectivity index (χ1v) is 23.8. The Bertz CT molecular complexity index is 2750. The molecule has 0 aromatic heterocycles. The fourth-order valence-electron chi connectivity index (χ4n) is 9.16. The molecule has 2 fully saturated rings. The smallest absolute Gasteiger partial charge is 0.338 e. The van der Waals surface area contributed by atoms with Crippen molar-refractivity contribution in [3.05, 3.63) is 239 Å². The van der Waals surface area contributed by atoms with Crippen molar-refractivity contribution in [2.24, 2.45) is 5.92 Å². The van der Waals surface area contributed by atoms with E-state index >= 15 is 0 Å². The molecule has 2 heterocycles. The van der Waals surface area contributed by atoms with E-state index in [4.69, 9.17) is 33.2 Å². The number of β-lactam (4-membered cyclic amide) rings is 1. The Hall–Kier alpha value is -7.06. The summed E-state index contributed by atoms with van der Waals surface area (Å²) in [5.41, 5.74) is 5.84. The van der Waals surface area contributed by atoms with E-state index in [2.05, 4.69) is 0 Å². The van der Waals surface area contributed by atoms with Crippen LogP contribution in [0.3, 0.4) is 0 Å². The van der Waals surface area contributed by atoms with Crippen molar-refractivity contribution in [3.63, 3.8) is 0 Å². The average molecular weight is 960 g/mol. The first kappa shape index (κ1) is 48.9. The molecule has 0 radical (unpaired) electrons. The zero-order valence-electron chi connectivity index (χ0n) is 39.2. The maximum atomic E-state index is 14.2. The number of methoxy groups -OCH3 is 1. The Labute approximate surface area is 412 Å². The fourth-order valence-corrected chi connectivity index (χ4v) is 9.16. The number of anilines is 1. The minimum absolute atomic E-state index is 0.115. The molecule has 0 spiro atoms. The molecular weight excluding hydrogens is 905 g/mol. The molecule has 10 nitrogen and oxygen atoms in total. The summed E-state index contributed by atoms with van der Waals surface area (Å²) in [4.78, 5) is 29.6. The van der Waals surface area contributed by atoms with Crippen LogP contribution in [0, 0.1) is 17.6 Å². The number of esters is 1. The Kier molecular flexibility index (Phi) is 16.3. The highest BCUT2D eigenvalue weighted by Gasteiger charge is 2.53. The number of carbonyl (C=O) groups is 2. The Morgan fingerprint density at radius 1 is 0.577 bits per heavy atom. The van der Waals surface area contributed by atoms with Crippen LogP contribution >= 0.6 is 0 Å². The predicted molar refractivity (Wildman–Crippen MR) is 263 cm³/mol. The highest BCUT2D eigenvalue weighted by atomic mass is 19.1. The second kappa shape index (κ2) is 23.7. The molecule has 2 aliphatic heterocycles. The van der Waals surface area contributed by atoms with E-state index in [1.165, 1.54) is 31.4 Å². The van der Waals surface area contributed by atoms with Crippen molar-refractivity contribution in [1.82, 2.24) is 0 Å². The first-order chi connectivity index (χ1) is 34.8. The van der Waals surface area contributed by atoms with Gasteiger partial charge in [0.2, 0.25) is 12.2 Å². The molecule has 0 aliphatic carbocycles. The maximum absolute atomic E-state index is 14.2. The molecule has 71 heavy (non-hydrogen) atoms. The maximum Gasteiger partial charge on any atom is 0.338 e. The molecule has 9 rings (SSSR count). The van der Waals surface area contributed by atoms with Gasteiger partial charge in [-0.2, -0.15) is 0 Å². The topological polar surface area (TPSA) is 102 Å². The van der Waals surface area contributed by atoms with Gasteiger partial charge in [-0.05, 0) is 94.8 Å². The second-order valence-electron chi connectivity index (χ2n) is 17.6. The third-order valence-corrected chi connectivity index (χ3v) is 12.9. The molecule has 2 aliphatic rings. The van der Waals surface area contributed by atoms with Gasteiger partial charge in [0.05, 0.1) is 51.6 Å². The van der Waals surface area contributed by atoms with E-state index in [9.17, 15) is 18.4 Å². The monoisotopic (exact) mass is 959 g/mol. The predicted octanol–water partition coefficient (Wildman–Crippen LogP) is 11.4. The number of hydrogen-bond donors (Lipinski definition) is 0. The normalized spacial score (nSPS) is 21.3. The molecule has 8 atom stereocenters. The number of ether oxygens (including phenoxy) is 7. The van der Waals surface area contributed by atoms with E-state index < -0.39 is 60.6 Å². The van der Waals surface area contributed by atoms with Gasteiger partial charge in [-0.25, -0.2) is 13.6 Å². The number of nitrogens with zero attached hydrogens (tertiary/aromatic N) is 1. The van der Waals surface area contributed by atoms with Crippen LogP contribution in [0.2, 0.25) is 0 Å². The standard InChI is InChI=1S/C59H55F2NO9/c1-65-58(64)55-53(67-37-41-16-8-3-9-17-41)54(68-38-42-18-10-4-11-19-42)56(69-39-43-20-12-5-13-21-43)59(71-55)70-49-32-24-45(25-33-49)52-50(57(63)62(52)48-30-28-47(61)29-31-48)34-35-51(44-22-26-46(60)27-23-44)66-36-40-14-6-2-7-15-40/h2-33,50-56,59H,34-39H2,1H3/t50-,51+,52-,53+,54+,55+,56-,59-/m1/s1. The van der Waals surface area contributed by atoms with Gasteiger partial charge in [-0.15, -0.1) is 0 Å². The van der Waals surface area contributed by atoms with Crippen molar-refractivity contribution in [2.45, 2.75) is 82.1 Å². The summed E-state index contributed by atoms with van der Waals surface area (Å²) >= 11 is 0. The molecule has 7 aromatic rings. The van der Waals surface area contributed by atoms with Crippen LogP contribution in [0.25, 0.3) is 0 Å². The van der Waals surface area contributed by atoms with E-state index in [1.807, 2.05) is 133 Å². The van der Waals surface area contributed by atoms with Crippen molar-refractivity contribution in [2.75, 3.05) is 12.0 Å². The largest absolute Gasteiger partial charge is 0.467 e. The van der Waals surface area contributed by atoms with E-state index in [-0.39, 0.29) is 31.5 Å². The summed E-state index contributed by atoms with van der Waals surface area (Å²) < 4.78 is 73.3. The van der Waals surface area contributed by atoms with Crippen LogP contribution in [0.5, 0.6) is 5.75 Å². The summed E-state index contributed by atoms with van der Waals surface area (Å²) in [5, 5.41) is 0. The van der Waals surface area contributed by atoms with Gasteiger partial charge in [0, 0.05) is 5.69 Å². The van der Waals surface area contributed by atoms with Gasteiger partial charge in [-0.3, -0.25) is 4.79 Å². The lowest BCUT2D eigenvalue weighted by atomic mass is 9.78. The lowest BCUT2D eigenvalue weighted by molar-refractivity contribution is -0.301. The lowest BCUT2D eigenvalue weighted by Gasteiger charge is -2.48. The molecule has 12 heteroatoms.